The summed E-state index contributed by atoms with van der Waals surface area (Å²) in [5.41, 5.74) is 1.20. The Morgan fingerprint density at radius 3 is 2.76 bits per heavy atom. The number of hydrogen-bond acceptors (Lipinski definition) is 2. The Balaban J connectivity index is 2.55. The standard InChI is InChI=1S/C14H19NO2/c1-3-8-13(11-15-14(16)17-4-2)12-9-6-5-7-10-12/h3,5-7,9-10,13H,1,4,8,11H2,2H3,(H,15,16). The summed E-state index contributed by atoms with van der Waals surface area (Å²) < 4.78 is 4.83. The summed E-state index contributed by atoms with van der Waals surface area (Å²) in [7, 11) is 0. The number of allylic oxidation sites excluding steroid dienone is 1. The molecule has 1 rings (SSSR count). The van der Waals surface area contributed by atoms with E-state index in [9.17, 15) is 4.79 Å². The van der Waals surface area contributed by atoms with Gasteiger partial charge in [0.2, 0.25) is 0 Å². The molecule has 0 bridgehead atoms. The fourth-order valence-corrected chi connectivity index (χ4v) is 1.65. The highest BCUT2D eigenvalue weighted by Gasteiger charge is 2.11. The lowest BCUT2D eigenvalue weighted by Crippen LogP contribution is -2.28. The van der Waals surface area contributed by atoms with Crippen LogP contribution in [0.4, 0.5) is 4.79 Å². The van der Waals surface area contributed by atoms with Gasteiger partial charge < -0.3 is 10.1 Å². The molecule has 1 N–H and O–H groups in total. The molecule has 0 saturated carbocycles. The summed E-state index contributed by atoms with van der Waals surface area (Å²) in [6.45, 7) is 6.49. The Morgan fingerprint density at radius 1 is 1.47 bits per heavy atom. The molecule has 1 amide bonds. The highest BCUT2D eigenvalue weighted by atomic mass is 16.5. The van der Waals surface area contributed by atoms with Gasteiger partial charge in [0.15, 0.2) is 0 Å². The van der Waals surface area contributed by atoms with Gasteiger partial charge in [-0.1, -0.05) is 36.4 Å². The van der Waals surface area contributed by atoms with Crippen molar-refractivity contribution in [2.75, 3.05) is 13.2 Å². The molecule has 0 saturated heterocycles. The number of carbonyl (C=O) groups is 1. The quantitative estimate of drug-likeness (QED) is 0.767. The molecule has 0 aliphatic rings. The predicted molar refractivity (Wildman–Crippen MR) is 69.0 cm³/mol. The first-order valence-electron chi connectivity index (χ1n) is 5.84. The molecule has 1 aromatic carbocycles. The predicted octanol–water partition coefficient (Wildman–Crippen LogP) is 3.09. The van der Waals surface area contributed by atoms with Crippen molar-refractivity contribution >= 4 is 6.09 Å². The molecule has 0 radical (unpaired) electrons. The van der Waals surface area contributed by atoms with Gasteiger partial charge in [0.25, 0.3) is 0 Å². The van der Waals surface area contributed by atoms with E-state index >= 15 is 0 Å². The van der Waals surface area contributed by atoms with Crippen LogP contribution < -0.4 is 5.32 Å². The molecule has 1 atom stereocenters. The van der Waals surface area contributed by atoms with Gasteiger partial charge in [-0.3, -0.25) is 0 Å². The van der Waals surface area contributed by atoms with Gasteiger partial charge in [-0.25, -0.2) is 4.79 Å². The molecule has 3 heteroatoms. The summed E-state index contributed by atoms with van der Waals surface area (Å²) in [6.07, 6.45) is 2.33. The van der Waals surface area contributed by atoms with Gasteiger partial charge >= 0.3 is 6.09 Å². The van der Waals surface area contributed by atoms with Gasteiger partial charge in [-0.05, 0) is 18.9 Å². The van der Waals surface area contributed by atoms with Crippen molar-refractivity contribution in [2.24, 2.45) is 0 Å². The zero-order valence-corrected chi connectivity index (χ0v) is 10.2. The third kappa shape index (κ3) is 4.72. The molecule has 1 unspecified atom stereocenters. The molecular weight excluding hydrogens is 214 g/mol. The van der Waals surface area contributed by atoms with Crippen molar-refractivity contribution in [1.82, 2.24) is 5.32 Å². The fourth-order valence-electron chi connectivity index (χ4n) is 1.65. The highest BCUT2D eigenvalue weighted by molar-refractivity contribution is 5.67. The Bertz CT molecular complexity index is 348. The molecule has 3 nitrogen and oxygen atoms in total. The van der Waals surface area contributed by atoms with E-state index in [0.717, 1.165) is 6.42 Å². The number of amides is 1. The minimum atomic E-state index is -0.363. The van der Waals surface area contributed by atoms with E-state index in [0.29, 0.717) is 13.2 Å². The van der Waals surface area contributed by atoms with E-state index < -0.39 is 0 Å². The van der Waals surface area contributed by atoms with Crippen LogP contribution in [0.2, 0.25) is 0 Å². The first kappa shape index (κ1) is 13.3. The second kappa shape index (κ2) is 7.49. The van der Waals surface area contributed by atoms with Crippen molar-refractivity contribution in [3.8, 4) is 0 Å². The minimum Gasteiger partial charge on any atom is -0.450 e. The summed E-state index contributed by atoms with van der Waals surface area (Å²) in [4.78, 5) is 11.2. The van der Waals surface area contributed by atoms with E-state index in [-0.39, 0.29) is 12.0 Å². The summed E-state index contributed by atoms with van der Waals surface area (Å²) >= 11 is 0. The first-order valence-corrected chi connectivity index (χ1v) is 5.84. The minimum absolute atomic E-state index is 0.248. The lowest BCUT2D eigenvalue weighted by Gasteiger charge is -2.16. The molecule has 0 aliphatic carbocycles. The SMILES string of the molecule is C=CCC(CNC(=O)OCC)c1ccccc1. The van der Waals surface area contributed by atoms with E-state index in [1.54, 1.807) is 6.92 Å². The molecular formula is C14H19NO2. The second-order valence-corrected chi connectivity index (χ2v) is 3.73. The summed E-state index contributed by atoms with van der Waals surface area (Å²) in [6, 6.07) is 10.1. The Kier molecular flexibility index (Phi) is 5.86. The number of benzene rings is 1. The molecule has 92 valence electrons. The van der Waals surface area contributed by atoms with E-state index in [4.69, 9.17) is 4.74 Å². The largest absolute Gasteiger partial charge is 0.450 e. The van der Waals surface area contributed by atoms with E-state index in [1.165, 1.54) is 5.56 Å². The first-order chi connectivity index (χ1) is 8.27. The maximum absolute atomic E-state index is 11.2. The van der Waals surface area contributed by atoms with Gasteiger partial charge in [-0.2, -0.15) is 0 Å². The van der Waals surface area contributed by atoms with Crippen LogP contribution in [-0.2, 0) is 4.74 Å². The third-order valence-electron chi connectivity index (χ3n) is 2.49. The number of nitrogens with one attached hydrogen (secondary N) is 1. The fraction of sp³-hybridized carbons (Fsp3) is 0.357. The van der Waals surface area contributed by atoms with Gasteiger partial charge in [0, 0.05) is 12.5 Å². The summed E-state index contributed by atoms with van der Waals surface area (Å²) in [5.74, 6) is 0.248. The number of ether oxygens (including phenoxy) is 1. The molecule has 0 aliphatic heterocycles. The van der Waals surface area contributed by atoms with E-state index in [2.05, 4.69) is 24.0 Å². The average Bonchev–Trinajstić information content (AvgIpc) is 2.36. The molecule has 0 aromatic heterocycles. The highest BCUT2D eigenvalue weighted by Crippen LogP contribution is 2.18. The zero-order chi connectivity index (χ0) is 12.5. The van der Waals surface area contributed by atoms with Crippen molar-refractivity contribution in [3.05, 3.63) is 48.6 Å². The number of rotatable bonds is 6. The summed E-state index contributed by atoms with van der Waals surface area (Å²) in [5, 5.41) is 2.76. The van der Waals surface area contributed by atoms with Gasteiger partial charge in [0.1, 0.15) is 0 Å². The zero-order valence-electron chi connectivity index (χ0n) is 10.2. The van der Waals surface area contributed by atoms with Gasteiger partial charge in [0.05, 0.1) is 6.61 Å². The number of alkyl carbamates (subject to hydrolysis) is 1. The lowest BCUT2D eigenvalue weighted by atomic mass is 9.96. The number of hydrogen-bond donors (Lipinski definition) is 1. The van der Waals surface area contributed by atoms with Crippen LogP contribution in [0.25, 0.3) is 0 Å². The van der Waals surface area contributed by atoms with Gasteiger partial charge in [-0.15, -0.1) is 6.58 Å². The van der Waals surface area contributed by atoms with Crippen LogP contribution in [-0.4, -0.2) is 19.2 Å². The van der Waals surface area contributed by atoms with Crippen LogP contribution in [0.1, 0.15) is 24.8 Å². The van der Waals surface area contributed by atoms with Crippen molar-refractivity contribution < 1.29 is 9.53 Å². The van der Waals surface area contributed by atoms with Crippen molar-refractivity contribution in [1.29, 1.82) is 0 Å². The second-order valence-electron chi connectivity index (χ2n) is 3.73. The van der Waals surface area contributed by atoms with Crippen LogP contribution in [0.15, 0.2) is 43.0 Å². The Hall–Kier alpha value is -1.77. The molecule has 17 heavy (non-hydrogen) atoms. The third-order valence-corrected chi connectivity index (χ3v) is 2.49. The molecule has 0 spiro atoms. The van der Waals surface area contributed by atoms with Crippen LogP contribution in [0.5, 0.6) is 0 Å². The Labute approximate surface area is 102 Å². The molecule has 1 aromatic rings. The van der Waals surface area contributed by atoms with Crippen molar-refractivity contribution in [2.45, 2.75) is 19.3 Å². The maximum Gasteiger partial charge on any atom is 0.407 e. The monoisotopic (exact) mass is 233 g/mol. The Morgan fingerprint density at radius 2 is 2.18 bits per heavy atom. The normalized spacial score (nSPS) is 11.6. The molecule has 0 fully saturated rings. The van der Waals surface area contributed by atoms with E-state index in [1.807, 2.05) is 24.3 Å². The van der Waals surface area contributed by atoms with Crippen molar-refractivity contribution in [3.63, 3.8) is 0 Å². The van der Waals surface area contributed by atoms with Crippen LogP contribution in [0.3, 0.4) is 0 Å². The van der Waals surface area contributed by atoms with Crippen LogP contribution in [0, 0.1) is 0 Å². The van der Waals surface area contributed by atoms with Crippen LogP contribution >= 0.6 is 0 Å². The maximum atomic E-state index is 11.2. The molecule has 0 heterocycles. The average molecular weight is 233 g/mol. The topological polar surface area (TPSA) is 38.3 Å². The lowest BCUT2D eigenvalue weighted by molar-refractivity contribution is 0.151. The number of carbonyl (C=O) groups excluding carboxylic acids is 1. The smallest absolute Gasteiger partial charge is 0.407 e.